The van der Waals surface area contributed by atoms with E-state index in [1.807, 2.05) is 19.2 Å². The highest BCUT2D eigenvalue weighted by Crippen LogP contribution is 2.18. The average Bonchev–Trinajstić information content (AvgIpc) is 3.09. The van der Waals surface area contributed by atoms with Gasteiger partial charge in [0.05, 0.1) is 0 Å². The Balaban J connectivity index is 1.89. The summed E-state index contributed by atoms with van der Waals surface area (Å²) in [7, 11) is 2.07. The molecule has 7 heteroatoms. The van der Waals surface area contributed by atoms with Gasteiger partial charge in [0, 0.05) is 24.5 Å². The van der Waals surface area contributed by atoms with Crippen LogP contribution in [0.25, 0.3) is 0 Å². The van der Waals surface area contributed by atoms with Crippen molar-refractivity contribution in [2.45, 2.75) is 39.2 Å². The monoisotopic (exact) mass is 338 g/mol. The number of hydrogen-bond acceptors (Lipinski definition) is 5. The molecule has 0 radical (unpaired) electrons. The molecule has 2 heterocycles. The van der Waals surface area contributed by atoms with Gasteiger partial charge in [0.15, 0.2) is 5.13 Å². The Labute approximate surface area is 141 Å². The predicted octanol–water partition coefficient (Wildman–Crippen LogP) is 1.95. The van der Waals surface area contributed by atoms with E-state index in [2.05, 4.69) is 27.6 Å². The largest absolute Gasteiger partial charge is 0.344 e. The first kappa shape index (κ1) is 17.9. The Hall–Kier alpha value is -1.47. The third kappa shape index (κ3) is 5.91. The SMILES string of the molecule is CC(C)CC(NC(=O)CC1CCN(C)C1)C(=O)Nc1nccs1. The zero-order chi connectivity index (χ0) is 16.8. The fourth-order valence-corrected chi connectivity index (χ4v) is 3.42. The van der Waals surface area contributed by atoms with Gasteiger partial charge in [-0.25, -0.2) is 4.98 Å². The summed E-state index contributed by atoms with van der Waals surface area (Å²) < 4.78 is 0. The van der Waals surface area contributed by atoms with Crippen LogP contribution in [-0.4, -0.2) is 47.9 Å². The Bertz CT molecular complexity index is 518. The maximum Gasteiger partial charge on any atom is 0.248 e. The molecule has 0 saturated carbocycles. The molecular formula is C16H26N4O2S. The second-order valence-electron chi connectivity index (χ2n) is 6.70. The van der Waals surface area contributed by atoms with Crippen molar-refractivity contribution in [3.63, 3.8) is 0 Å². The molecule has 1 fully saturated rings. The Morgan fingerprint density at radius 2 is 2.26 bits per heavy atom. The Morgan fingerprint density at radius 1 is 1.48 bits per heavy atom. The van der Waals surface area contributed by atoms with Crippen molar-refractivity contribution in [2.75, 3.05) is 25.5 Å². The van der Waals surface area contributed by atoms with Crippen LogP contribution in [0.4, 0.5) is 5.13 Å². The highest BCUT2D eigenvalue weighted by molar-refractivity contribution is 7.13. The molecule has 1 aromatic rings. The number of rotatable bonds is 7. The van der Waals surface area contributed by atoms with Crippen molar-refractivity contribution in [3.05, 3.63) is 11.6 Å². The van der Waals surface area contributed by atoms with Gasteiger partial charge in [-0.1, -0.05) is 13.8 Å². The van der Waals surface area contributed by atoms with Gasteiger partial charge < -0.3 is 15.5 Å². The number of anilines is 1. The van der Waals surface area contributed by atoms with E-state index in [1.165, 1.54) is 11.3 Å². The van der Waals surface area contributed by atoms with Gasteiger partial charge in [0.25, 0.3) is 0 Å². The van der Waals surface area contributed by atoms with Crippen molar-refractivity contribution < 1.29 is 9.59 Å². The van der Waals surface area contributed by atoms with Crippen LogP contribution in [0.5, 0.6) is 0 Å². The van der Waals surface area contributed by atoms with Crippen molar-refractivity contribution in [1.29, 1.82) is 0 Å². The summed E-state index contributed by atoms with van der Waals surface area (Å²) in [5.74, 6) is 0.484. The smallest absolute Gasteiger partial charge is 0.248 e. The van der Waals surface area contributed by atoms with Gasteiger partial charge in [0.2, 0.25) is 11.8 Å². The fraction of sp³-hybridized carbons (Fsp3) is 0.688. The molecule has 23 heavy (non-hydrogen) atoms. The Morgan fingerprint density at radius 3 is 2.83 bits per heavy atom. The molecule has 2 rings (SSSR count). The van der Waals surface area contributed by atoms with E-state index in [4.69, 9.17) is 0 Å². The number of likely N-dealkylation sites (tertiary alicyclic amines) is 1. The maximum atomic E-state index is 12.4. The molecule has 2 unspecified atom stereocenters. The van der Waals surface area contributed by atoms with Crippen molar-refractivity contribution >= 4 is 28.3 Å². The summed E-state index contributed by atoms with van der Waals surface area (Å²) in [6.07, 6.45) is 3.80. The maximum absolute atomic E-state index is 12.4. The Kier molecular flexibility index (Phi) is 6.53. The second kappa shape index (κ2) is 8.40. The van der Waals surface area contributed by atoms with Crippen LogP contribution >= 0.6 is 11.3 Å². The van der Waals surface area contributed by atoms with E-state index in [1.54, 1.807) is 6.20 Å². The normalized spacial score (nSPS) is 19.7. The molecule has 128 valence electrons. The molecule has 2 amide bonds. The average molecular weight is 338 g/mol. The number of nitrogens with one attached hydrogen (secondary N) is 2. The molecule has 1 aliphatic heterocycles. The molecule has 0 aromatic carbocycles. The topological polar surface area (TPSA) is 74.3 Å². The molecule has 1 aromatic heterocycles. The molecule has 0 aliphatic carbocycles. The number of aromatic nitrogens is 1. The van der Waals surface area contributed by atoms with Crippen LogP contribution < -0.4 is 10.6 Å². The minimum Gasteiger partial charge on any atom is -0.344 e. The molecule has 6 nitrogen and oxygen atoms in total. The van der Waals surface area contributed by atoms with Gasteiger partial charge in [-0.3, -0.25) is 9.59 Å². The van der Waals surface area contributed by atoms with Crippen LogP contribution in [0.3, 0.4) is 0 Å². The first-order valence-corrected chi connectivity index (χ1v) is 9.00. The van der Waals surface area contributed by atoms with Gasteiger partial charge in [-0.15, -0.1) is 11.3 Å². The van der Waals surface area contributed by atoms with Gasteiger partial charge >= 0.3 is 0 Å². The zero-order valence-corrected chi connectivity index (χ0v) is 14.9. The second-order valence-corrected chi connectivity index (χ2v) is 7.59. The molecule has 2 N–H and O–H groups in total. The summed E-state index contributed by atoms with van der Waals surface area (Å²) >= 11 is 1.37. The highest BCUT2D eigenvalue weighted by Gasteiger charge is 2.26. The van der Waals surface area contributed by atoms with Gasteiger partial charge in [-0.2, -0.15) is 0 Å². The van der Waals surface area contributed by atoms with Crippen LogP contribution in [0.1, 0.15) is 33.1 Å². The molecule has 0 bridgehead atoms. The standard InChI is InChI=1S/C16H26N4O2S/c1-11(2)8-13(15(22)19-16-17-5-7-23-16)18-14(21)9-12-4-6-20(3)10-12/h5,7,11-13H,4,6,8-10H2,1-3H3,(H,18,21)(H,17,19,22). The molecule has 0 spiro atoms. The van der Waals surface area contributed by atoms with E-state index < -0.39 is 6.04 Å². The summed E-state index contributed by atoms with van der Waals surface area (Å²) in [5.41, 5.74) is 0. The number of nitrogens with zero attached hydrogens (tertiary/aromatic N) is 2. The minimum atomic E-state index is -0.509. The van der Waals surface area contributed by atoms with Gasteiger partial charge in [-0.05, 0) is 38.3 Å². The zero-order valence-electron chi connectivity index (χ0n) is 14.0. The summed E-state index contributed by atoms with van der Waals surface area (Å²) in [5, 5.41) is 8.06. The lowest BCUT2D eigenvalue weighted by molar-refractivity contribution is -0.127. The van der Waals surface area contributed by atoms with E-state index in [9.17, 15) is 9.59 Å². The fourth-order valence-electron chi connectivity index (χ4n) is 2.89. The number of amides is 2. The van der Waals surface area contributed by atoms with Crippen LogP contribution in [0, 0.1) is 11.8 Å². The first-order valence-electron chi connectivity index (χ1n) is 8.12. The molecular weight excluding hydrogens is 312 g/mol. The molecule has 2 atom stereocenters. The van der Waals surface area contributed by atoms with Crippen molar-refractivity contribution in [3.8, 4) is 0 Å². The van der Waals surface area contributed by atoms with Crippen LogP contribution in [0.15, 0.2) is 11.6 Å². The lowest BCUT2D eigenvalue weighted by Gasteiger charge is -2.20. The van der Waals surface area contributed by atoms with E-state index >= 15 is 0 Å². The quantitative estimate of drug-likeness (QED) is 0.797. The van der Waals surface area contributed by atoms with E-state index in [-0.39, 0.29) is 11.8 Å². The number of thiazole rings is 1. The van der Waals surface area contributed by atoms with E-state index in [0.717, 1.165) is 19.5 Å². The van der Waals surface area contributed by atoms with Crippen molar-refractivity contribution in [2.24, 2.45) is 11.8 Å². The first-order chi connectivity index (χ1) is 10.9. The third-order valence-corrected chi connectivity index (χ3v) is 4.67. The lowest BCUT2D eigenvalue weighted by Crippen LogP contribution is -2.45. The van der Waals surface area contributed by atoms with E-state index in [0.29, 0.717) is 29.8 Å². The minimum absolute atomic E-state index is 0.0368. The third-order valence-electron chi connectivity index (χ3n) is 3.98. The molecule has 1 aliphatic rings. The highest BCUT2D eigenvalue weighted by atomic mass is 32.1. The van der Waals surface area contributed by atoms with Crippen LogP contribution in [0.2, 0.25) is 0 Å². The predicted molar refractivity (Wildman–Crippen MR) is 92.4 cm³/mol. The summed E-state index contributed by atoms with van der Waals surface area (Å²) in [6, 6.07) is -0.509. The number of carbonyl (C=O) groups excluding carboxylic acids is 2. The summed E-state index contributed by atoms with van der Waals surface area (Å²) in [4.78, 5) is 31.0. The summed E-state index contributed by atoms with van der Waals surface area (Å²) in [6.45, 7) is 6.08. The van der Waals surface area contributed by atoms with Crippen LogP contribution in [-0.2, 0) is 9.59 Å². The number of carbonyl (C=O) groups is 2. The van der Waals surface area contributed by atoms with Gasteiger partial charge in [0.1, 0.15) is 6.04 Å². The lowest BCUT2D eigenvalue weighted by atomic mass is 10.0. The molecule has 1 saturated heterocycles. The van der Waals surface area contributed by atoms with Crippen molar-refractivity contribution in [1.82, 2.24) is 15.2 Å². The number of hydrogen-bond donors (Lipinski definition) is 2.